The second kappa shape index (κ2) is 6.00. The predicted molar refractivity (Wildman–Crippen MR) is 97.7 cm³/mol. The number of fused-ring (bicyclic) bond motifs is 5. The van der Waals surface area contributed by atoms with Gasteiger partial charge in [-0.15, -0.1) is 0 Å². The minimum atomic E-state index is 0.595. The second-order valence-electron chi connectivity index (χ2n) is 6.22. The molecule has 0 saturated heterocycles. The molecular formula is C18H18ClN5. The smallest absolute Gasteiger partial charge is 0.165 e. The number of rotatable bonds is 4. The van der Waals surface area contributed by atoms with Crippen molar-refractivity contribution in [2.45, 2.75) is 12.8 Å². The van der Waals surface area contributed by atoms with E-state index >= 15 is 0 Å². The normalized spacial score (nSPS) is 12.0. The van der Waals surface area contributed by atoms with E-state index in [9.17, 15) is 0 Å². The molecule has 0 amide bonds. The topological polar surface area (TPSA) is 46.3 Å². The molecular weight excluding hydrogens is 322 g/mol. The standard InChI is InChI=1S/C18H18ClN5/c1-23(2)9-5-7-14-18-22-13-6-3-4-8-16(13)24(18)17-15(21-14)10-12(19)11-20-17/h3-4,6,8,10-11H,5,7,9H2,1-2H3. The van der Waals surface area contributed by atoms with Crippen LogP contribution in [-0.2, 0) is 6.42 Å². The number of pyridine rings is 1. The molecule has 0 fully saturated rings. The Balaban J connectivity index is 1.98. The van der Waals surface area contributed by atoms with E-state index in [0.717, 1.165) is 52.9 Å². The first-order valence-electron chi connectivity index (χ1n) is 7.99. The summed E-state index contributed by atoms with van der Waals surface area (Å²) < 4.78 is 2.10. The average Bonchev–Trinajstić information content (AvgIpc) is 2.94. The van der Waals surface area contributed by atoms with Crippen molar-refractivity contribution in [2.75, 3.05) is 20.6 Å². The molecule has 0 N–H and O–H groups in total. The molecule has 3 aromatic heterocycles. The fourth-order valence-electron chi connectivity index (χ4n) is 3.04. The van der Waals surface area contributed by atoms with Crippen molar-refractivity contribution >= 4 is 39.4 Å². The highest BCUT2D eigenvalue weighted by Crippen LogP contribution is 2.25. The van der Waals surface area contributed by atoms with Gasteiger partial charge in [0, 0.05) is 6.20 Å². The van der Waals surface area contributed by atoms with Crippen molar-refractivity contribution in [1.82, 2.24) is 24.3 Å². The van der Waals surface area contributed by atoms with E-state index in [1.165, 1.54) is 0 Å². The van der Waals surface area contributed by atoms with Crippen LogP contribution < -0.4 is 0 Å². The number of halogens is 1. The highest BCUT2D eigenvalue weighted by atomic mass is 35.5. The Bertz CT molecular complexity index is 1040. The van der Waals surface area contributed by atoms with E-state index in [0.29, 0.717) is 5.02 Å². The van der Waals surface area contributed by atoms with E-state index in [1.54, 1.807) is 6.20 Å². The number of aryl methyl sites for hydroxylation is 1. The molecule has 24 heavy (non-hydrogen) atoms. The quantitative estimate of drug-likeness (QED) is 0.570. The molecule has 0 atom stereocenters. The fraction of sp³-hybridized carbons (Fsp3) is 0.278. The average molecular weight is 340 g/mol. The molecule has 3 heterocycles. The van der Waals surface area contributed by atoms with E-state index in [-0.39, 0.29) is 0 Å². The maximum absolute atomic E-state index is 6.13. The van der Waals surface area contributed by atoms with Gasteiger partial charge in [-0.1, -0.05) is 23.7 Å². The first kappa shape index (κ1) is 15.3. The molecule has 122 valence electrons. The lowest BCUT2D eigenvalue weighted by Gasteiger charge is -2.10. The summed E-state index contributed by atoms with van der Waals surface area (Å²) >= 11 is 6.13. The Morgan fingerprint density at radius 1 is 1.08 bits per heavy atom. The van der Waals surface area contributed by atoms with Crippen LogP contribution in [-0.4, -0.2) is 44.9 Å². The Morgan fingerprint density at radius 2 is 1.92 bits per heavy atom. The molecule has 0 spiro atoms. The van der Waals surface area contributed by atoms with Crippen molar-refractivity contribution in [3.63, 3.8) is 0 Å². The highest BCUT2D eigenvalue weighted by Gasteiger charge is 2.14. The third-order valence-corrected chi connectivity index (χ3v) is 4.33. The molecule has 0 aliphatic carbocycles. The van der Waals surface area contributed by atoms with Crippen molar-refractivity contribution < 1.29 is 0 Å². The number of benzene rings is 1. The van der Waals surface area contributed by atoms with Crippen LogP contribution in [0.15, 0.2) is 36.5 Å². The van der Waals surface area contributed by atoms with Crippen molar-refractivity contribution in [2.24, 2.45) is 0 Å². The lowest BCUT2D eigenvalue weighted by atomic mass is 10.2. The molecule has 6 heteroatoms. The maximum Gasteiger partial charge on any atom is 0.165 e. The molecule has 0 saturated carbocycles. The summed E-state index contributed by atoms with van der Waals surface area (Å²) in [6, 6.07) is 9.97. The van der Waals surface area contributed by atoms with Gasteiger partial charge in [-0.3, -0.25) is 4.40 Å². The van der Waals surface area contributed by atoms with Crippen LogP contribution in [0.2, 0.25) is 5.02 Å². The molecule has 4 aromatic rings. The summed E-state index contributed by atoms with van der Waals surface area (Å²) in [4.78, 5) is 16.3. The van der Waals surface area contributed by atoms with Crippen LogP contribution in [0.5, 0.6) is 0 Å². The monoisotopic (exact) mass is 339 g/mol. The van der Waals surface area contributed by atoms with Crippen molar-refractivity contribution in [3.8, 4) is 0 Å². The summed E-state index contributed by atoms with van der Waals surface area (Å²) in [7, 11) is 4.16. The fourth-order valence-corrected chi connectivity index (χ4v) is 3.19. The summed E-state index contributed by atoms with van der Waals surface area (Å²) in [6.07, 6.45) is 3.55. The number of imidazole rings is 1. The zero-order valence-corrected chi connectivity index (χ0v) is 14.5. The first-order valence-corrected chi connectivity index (χ1v) is 8.37. The van der Waals surface area contributed by atoms with Gasteiger partial charge in [0.15, 0.2) is 11.3 Å². The zero-order valence-electron chi connectivity index (χ0n) is 13.7. The van der Waals surface area contributed by atoms with Gasteiger partial charge in [-0.05, 0) is 51.7 Å². The summed E-state index contributed by atoms with van der Waals surface area (Å²) in [5.74, 6) is 0. The van der Waals surface area contributed by atoms with Crippen LogP contribution in [0.1, 0.15) is 12.1 Å². The molecule has 1 aromatic carbocycles. The third-order valence-electron chi connectivity index (χ3n) is 4.12. The molecule has 5 nitrogen and oxygen atoms in total. The molecule has 4 rings (SSSR count). The van der Waals surface area contributed by atoms with Gasteiger partial charge in [0.05, 0.1) is 21.7 Å². The van der Waals surface area contributed by atoms with Crippen LogP contribution in [0.3, 0.4) is 0 Å². The summed E-state index contributed by atoms with van der Waals surface area (Å²) in [5, 5.41) is 0.595. The summed E-state index contributed by atoms with van der Waals surface area (Å²) in [6.45, 7) is 1.01. The van der Waals surface area contributed by atoms with E-state index in [2.05, 4.69) is 34.4 Å². The van der Waals surface area contributed by atoms with E-state index < -0.39 is 0 Å². The first-order chi connectivity index (χ1) is 11.6. The molecule has 0 bridgehead atoms. The lowest BCUT2D eigenvalue weighted by Crippen LogP contribution is -2.14. The Kier molecular flexibility index (Phi) is 3.82. The highest BCUT2D eigenvalue weighted by molar-refractivity contribution is 6.31. The summed E-state index contributed by atoms with van der Waals surface area (Å²) in [5.41, 5.74) is 5.47. The zero-order chi connectivity index (χ0) is 16.7. The molecule has 0 aliphatic heterocycles. The predicted octanol–water partition coefficient (Wildman–Crippen LogP) is 3.58. The largest absolute Gasteiger partial charge is 0.309 e. The van der Waals surface area contributed by atoms with Crippen LogP contribution >= 0.6 is 11.6 Å². The molecule has 0 aliphatic rings. The van der Waals surface area contributed by atoms with Gasteiger partial charge in [-0.2, -0.15) is 0 Å². The van der Waals surface area contributed by atoms with Crippen LogP contribution in [0.4, 0.5) is 0 Å². The van der Waals surface area contributed by atoms with Crippen molar-refractivity contribution in [3.05, 3.63) is 47.2 Å². The Morgan fingerprint density at radius 3 is 2.75 bits per heavy atom. The van der Waals surface area contributed by atoms with Gasteiger partial charge in [-0.25, -0.2) is 15.0 Å². The van der Waals surface area contributed by atoms with Gasteiger partial charge in [0.2, 0.25) is 0 Å². The SMILES string of the molecule is CN(C)CCCc1nc2cc(Cl)cnc2n2c1nc1ccccc12. The number of hydrogen-bond donors (Lipinski definition) is 0. The Hall–Kier alpha value is -2.24. The third kappa shape index (κ3) is 2.60. The van der Waals surface area contributed by atoms with E-state index in [1.807, 2.05) is 24.3 Å². The van der Waals surface area contributed by atoms with Gasteiger partial charge >= 0.3 is 0 Å². The van der Waals surface area contributed by atoms with Gasteiger partial charge in [0.1, 0.15) is 5.52 Å². The number of aromatic nitrogens is 4. The minimum absolute atomic E-state index is 0.595. The second-order valence-corrected chi connectivity index (χ2v) is 6.66. The maximum atomic E-state index is 6.13. The minimum Gasteiger partial charge on any atom is -0.309 e. The van der Waals surface area contributed by atoms with Crippen molar-refractivity contribution in [1.29, 1.82) is 0 Å². The van der Waals surface area contributed by atoms with Crippen LogP contribution in [0, 0.1) is 0 Å². The number of para-hydroxylation sites is 2. The van der Waals surface area contributed by atoms with Crippen LogP contribution in [0.25, 0.3) is 27.8 Å². The molecule has 0 unspecified atom stereocenters. The lowest BCUT2D eigenvalue weighted by molar-refractivity contribution is 0.400. The molecule has 0 radical (unpaired) electrons. The van der Waals surface area contributed by atoms with E-state index in [4.69, 9.17) is 21.6 Å². The van der Waals surface area contributed by atoms with Gasteiger partial charge in [0.25, 0.3) is 0 Å². The Labute approximate surface area is 144 Å². The number of nitrogens with zero attached hydrogens (tertiary/aromatic N) is 5. The number of hydrogen-bond acceptors (Lipinski definition) is 4. The van der Waals surface area contributed by atoms with Gasteiger partial charge < -0.3 is 4.90 Å².